The number of hydrogen-bond donors (Lipinski definition) is 2. The van der Waals surface area contributed by atoms with E-state index in [9.17, 15) is 9.59 Å². The fourth-order valence-corrected chi connectivity index (χ4v) is 3.57. The smallest absolute Gasteiger partial charge is 0.267 e. The lowest BCUT2D eigenvalue weighted by atomic mass is 10.2. The first-order valence-electron chi connectivity index (χ1n) is 8.90. The highest BCUT2D eigenvalue weighted by atomic mass is 32.1. The maximum atomic E-state index is 13.0. The van der Waals surface area contributed by atoms with Crippen molar-refractivity contribution in [1.82, 2.24) is 18.9 Å². The van der Waals surface area contributed by atoms with E-state index in [1.807, 2.05) is 6.92 Å². The van der Waals surface area contributed by atoms with Gasteiger partial charge in [0.05, 0.1) is 10.9 Å². The number of fused-ring (bicyclic) bond motifs is 2. The summed E-state index contributed by atoms with van der Waals surface area (Å²) >= 11 is 1.29. The molecule has 142 valence electrons. The molecule has 4 rings (SSSR count). The molecular formula is C19H18N6O2S. The van der Waals surface area contributed by atoms with Gasteiger partial charge in [0.2, 0.25) is 0 Å². The van der Waals surface area contributed by atoms with Gasteiger partial charge in [0, 0.05) is 24.3 Å². The van der Waals surface area contributed by atoms with Gasteiger partial charge in [-0.25, -0.2) is 9.97 Å². The predicted octanol–water partition coefficient (Wildman–Crippen LogP) is 2.64. The van der Waals surface area contributed by atoms with Gasteiger partial charge in [-0.05, 0) is 24.6 Å². The quantitative estimate of drug-likeness (QED) is 0.508. The Morgan fingerprint density at radius 2 is 2.21 bits per heavy atom. The Kier molecular flexibility index (Phi) is 4.74. The topological polar surface area (TPSA) is 105 Å². The molecule has 2 N–H and O–H groups in total. The van der Waals surface area contributed by atoms with Crippen LogP contribution in [-0.4, -0.2) is 24.8 Å². The number of aryl methyl sites for hydroxylation is 1. The first-order chi connectivity index (χ1) is 13.6. The van der Waals surface area contributed by atoms with Gasteiger partial charge >= 0.3 is 0 Å². The van der Waals surface area contributed by atoms with Crippen molar-refractivity contribution in [2.45, 2.75) is 26.3 Å². The second-order valence-corrected chi connectivity index (χ2v) is 7.18. The summed E-state index contributed by atoms with van der Waals surface area (Å²) in [7, 11) is 0. The minimum atomic E-state index is -0.468. The average molecular weight is 394 g/mol. The van der Waals surface area contributed by atoms with Gasteiger partial charge in [-0.15, -0.1) is 11.3 Å². The molecule has 0 saturated carbocycles. The Labute approximate surface area is 163 Å². The monoisotopic (exact) mass is 394 g/mol. The maximum Gasteiger partial charge on any atom is 0.267 e. The lowest BCUT2D eigenvalue weighted by molar-refractivity contribution is 0.102. The van der Waals surface area contributed by atoms with E-state index in [0.29, 0.717) is 28.4 Å². The number of amides is 1. The number of carbonyl (C=O) groups excluding carboxylic acids is 1. The standard InChI is InChI=1S/C19H18N6O2S/c1-2-3-8-25-15(20)12(17(26)23-19-21-7-10-28-19)11-13-16(25)22-14-6-4-5-9-24(14)18(13)27/h4-7,9-11,20H,2-3,8H2,1H3,(H,21,23,26). The number of nitrogens with zero attached hydrogens (tertiary/aromatic N) is 4. The summed E-state index contributed by atoms with van der Waals surface area (Å²) < 4.78 is 3.09. The molecule has 4 heterocycles. The van der Waals surface area contributed by atoms with E-state index in [2.05, 4.69) is 15.3 Å². The molecule has 0 atom stereocenters. The zero-order valence-corrected chi connectivity index (χ0v) is 16.0. The van der Waals surface area contributed by atoms with Gasteiger partial charge in [-0.1, -0.05) is 19.4 Å². The van der Waals surface area contributed by atoms with E-state index in [1.165, 1.54) is 21.8 Å². The van der Waals surface area contributed by atoms with E-state index in [1.54, 1.807) is 40.5 Å². The molecule has 0 radical (unpaired) electrons. The fraction of sp³-hybridized carbons (Fsp3) is 0.211. The minimum absolute atomic E-state index is 0.0298. The van der Waals surface area contributed by atoms with Crippen LogP contribution in [0.5, 0.6) is 0 Å². The summed E-state index contributed by atoms with van der Waals surface area (Å²) in [6, 6.07) is 6.76. The van der Waals surface area contributed by atoms with E-state index >= 15 is 0 Å². The second kappa shape index (κ2) is 7.35. The van der Waals surface area contributed by atoms with Crippen molar-refractivity contribution in [3.05, 3.63) is 63.4 Å². The van der Waals surface area contributed by atoms with Gasteiger partial charge in [-0.3, -0.25) is 24.7 Å². The molecule has 4 aromatic rings. The largest absolute Gasteiger partial charge is 0.310 e. The molecule has 0 aromatic carbocycles. The van der Waals surface area contributed by atoms with Crippen molar-refractivity contribution in [3.63, 3.8) is 0 Å². The zero-order chi connectivity index (χ0) is 19.7. The lowest BCUT2D eigenvalue weighted by Gasteiger charge is -2.14. The number of pyridine rings is 2. The third kappa shape index (κ3) is 3.09. The van der Waals surface area contributed by atoms with Crippen LogP contribution in [0.25, 0.3) is 16.7 Å². The van der Waals surface area contributed by atoms with Gasteiger partial charge in [-0.2, -0.15) is 0 Å². The molecule has 4 aromatic heterocycles. The van der Waals surface area contributed by atoms with Crippen LogP contribution in [0.2, 0.25) is 0 Å². The predicted molar refractivity (Wildman–Crippen MR) is 108 cm³/mol. The first kappa shape index (κ1) is 18.1. The second-order valence-electron chi connectivity index (χ2n) is 6.29. The van der Waals surface area contributed by atoms with Crippen molar-refractivity contribution < 1.29 is 4.79 Å². The Hall–Kier alpha value is -3.33. The molecule has 8 nitrogen and oxygen atoms in total. The summed E-state index contributed by atoms with van der Waals surface area (Å²) in [5.74, 6) is -0.468. The highest BCUT2D eigenvalue weighted by molar-refractivity contribution is 7.13. The number of thiazole rings is 1. The third-order valence-corrected chi connectivity index (χ3v) is 5.14. The highest BCUT2D eigenvalue weighted by Crippen LogP contribution is 2.14. The van der Waals surface area contributed by atoms with Crippen LogP contribution in [0.15, 0.2) is 46.8 Å². The summed E-state index contributed by atoms with van der Waals surface area (Å²) in [5.41, 5.74) is 0.801. The van der Waals surface area contributed by atoms with Crippen molar-refractivity contribution in [3.8, 4) is 0 Å². The zero-order valence-electron chi connectivity index (χ0n) is 15.2. The van der Waals surface area contributed by atoms with E-state index < -0.39 is 5.91 Å². The number of hydrogen-bond acceptors (Lipinski definition) is 6. The highest BCUT2D eigenvalue weighted by Gasteiger charge is 2.18. The number of aromatic nitrogens is 4. The van der Waals surface area contributed by atoms with Crippen LogP contribution in [-0.2, 0) is 6.54 Å². The van der Waals surface area contributed by atoms with Crippen molar-refractivity contribution in [2.75, 3.05) is 5.32 Å². The third-order valence-electron chi connectivity index (χ3n) is 4.45. The Morgan fingerprint density at radius 3 is 2.96 bits per heavy atom. The molecule has 0 aliphatic rings. The maximum absolute atomic E-state index is 13.0. The van der Waals surface area contributed by atoms with Crippen LogP contribution >= 0.6 is 11.3 Å². The Balaban J connectivity index is 1.98. The van der Waals surface area contributed by atoms with Crippen LogP contribution in [0.4, 0.5) is 5.13 Å². The number of rotatable bonds is 5. The molecule has 28 heavy (non-hydrogen) atoms. The number of unbranched alkanes of at least 4 members (excludes halogenated alkanes) is 1. The average Bonchev–Trinajstić information content (AvgIpc) is 3.20. The van der Waals surface area contributed by atoms with Crippen LogP contribution < -0.4 is 16.4 Å². The number of nitrogens with one attached hydrogen (secondary N) is 2. The summed E-state index contributed by atoms with van der Waals surface area (Å²) in [4.78, 5) is 34.4. The Morgan fingerprint density at radius 1 is 1.36 bits per heavy atom. The van der Waals surface area contributed by atoms with Crippen molar-refractivity contribution >= 4 is 39.1 Å². The van der Waals surface area contributed by atoms with Crippen LogP contribution in [0.3, 0.4) is 0 Å². The van der Waals surface area contributed by atoms with Crippen molar-refractivity contribution in [2.24, 2.45) is 0 Å². The molecule has 1 amide bonds. The van der Waals surface area contributed by atoms with Crippen molar-refractivity contribution in [1.29, 1.82) is 5.41 Å². The van der Waals surface area contributed by atoms with Gasteiger partial charge in [0.1, 0.15) is 16.8 Å². The van der Waals surface area contributed by atoms with Gasteiger partial charge in [0.25, 0.3) is 11.5 Å². The molecule has 0 aliphatic carbocycles. The van der Waals surface area contributed by atoms with Crippen LogP contribution in [0, 0.1) is 5.41 Å². The van der Waals surface area contributed by atoms with Gasteiger partial charge < -0.3 is 4.57 Å². The number of anilines is 1. The minimum Gasteiger partial charge on any atom is -0.310 e. The molecule has 0 bridgehead atoms. The normalized spacial score (nSPS) is 11.2. The van der Waals surface area contributed by atoms with Gasteiger partial charge in [0.15, 0.2) is 5.13 Å². The summed E-state index contributed by atoms with van der Waals surface area (Å²) in [6.07, 6.45) is 4.95. The molecule has 9 heteroatoms. The van der Waals surface area contributed by atoms with Crippen LogP contribution in [0.1, 0.15) is 30.1 Å². The van der Waals surface area contributed by atoms with E-state index in [4.69, 9.17) is 5.41 Å². The van der Waals surface area contributed by atoms with E-state index in [-0.39, 0.29) is 16.6 Å². The molecular weight excluding hydrogens is 376 g/mol. The summed E-state index contributed by atoms with van der Waals surface area (Å²) in [6.45, 7) is 2.54. The Bertz CT molecular complexity index is 1290. The molecule has 0 aliphatic heterocycles. The number of carbonyl (C=O) groups is 1. The molecule has 0 fully saturated rings. The summed E-state index contributed by atoms with van der Waals surface area (Å²) in [5, 5.41) is 13.8. The van der Waals surface area contributed by atoms with E-state index in [0.717, 1.165) is 12.8 Å². The SMILES string of the molecule is CCCCn1c(=N)c(C(=O)Nc2nccs2)cc2c(=O)n3ccccc3nc21. The first-order valence-corrected chi connectivity index (χ1v) is 9.78. The molecule has 0 spiro atoms. The fourth-order valence-electron chi connectivity index (χ4n) is 3.04. The molecule has 0 unspecified atom stereocenters. The molecule has 0 saturated heterocycles. The lowest BCUT2D eigenvalue weighted by Crippen LogP contribution is -2.32.